The third-order valence-electron chi connectivity index (χ3n) is 4.12. The van der Waals surface area contributed by atoms with Crippen molar-refractivity contribution in [1.82, 2.24) is 30.0 Å². The van der Waals surface area contributed by atoms with Crippen LogP contribution in [0, 0.1) is 18.3 Å². The van der Waals surface area contributed by atoms with Crippen molar-refractivity contribution in [1.29, 1.82) is 5.26 Å². The van der Waals surface area contributed by atoms with E-state index in [1.54, 1.807) is 23.0 Å². The molecule has 4 rings (SSSR count). The van der Waals surface area contributed by atoms with Gasteiger partial charge in [0.1, 0.15) is 5.03 Å². The molecular formula is C19H15N7S. The second kappa shape index (κ2) is 7.05. The van der Waals surface area contributed by atoms with Crippen molar-refractivity contribution < 1.29 is 0 Å². The Morgan fingerprint density at radius 2 is 1.81 bits per heavy atom. The normalized spacial score (nSPS) is 10.7. The predicted molar refractivity (Wildman–Crippen MR) is 103 cm³/mol. The number of benzene rings is 2. The fourth-order valence-corrected chi connectivity index (χ4v) is 2.97. The van der Waals surface area contributed by atoms with E-state index in [-0.39, 0.29) is 0 Å². The third-order valence-corrected chi connectivity index (χ3v) is 4.55. The fraction of sp³-hybridized carbons (Fsp3) is 0.105. The summed E-state index contributed by atoms with van der Waals surface area (Å²) in [5.74, 6) is 0.465. The topological polar surface area (TPSA) is 85.2 Å². The van der Waals surface area contributed by atoms with Crippen LogP contribution >= 0.6 is 12.6 Å². The Morgan fingerprint density at radius 1 is 1.07 bits per heavy atom. The Balaban J connectivity index is 1.58. The summed E-state index contributed by atoms with van der Waals surface area (Å²) in [6.07, 6.45) is 1.69. The SMILES string of the molecule is Cc1ccc(-n2ncc(-c3nnn(Cc4ccc(C#N)cc4)n3)c2S)cc1. The predicted octanol–water partition coefficient (Wildman–Crippen LogP) is 3.04. The Labute approximate surface area is 161 Å². The molecule has 0 N–H and O–H groups in total. The lowest BCUT2D eigenvalue weighted by Crippen LogP contribution is -2.04. The van der Waals surface area contributed by atoms with Crippen LogP contribution in [0.4, 0.5) is 0 Å². The van der Waals surface area contributed by atoms with Crippen molar-refractivity contribution in [3.8, 4) is 23.1 Å². The maximum absolute atomic E-state index is 8.87. The van der Waals surface area contributed by atoms with Gasteiger partial charge in [0.25, 0.3) is 0 Å². The summed E-state index contributed by atoms with van der Waals surface area (Å²) in [6, 6.07) is 17.4. The zero-order chi connectivity index (χ0) is 18.8. The van der Waals surface area contributed by atoms with Crippen LogP contribution in [0.2, 0.25) is 0 Å². The minimum absolute atomic E-state index is 0.465. The van der Waals surface area contributed by atoms with Crippen LogP contribution in [0.15, 0.2) is 59.8 Å². The van der Waals surface area contributed by atoms with Gasteiger partial charge in [0, 0.05) is 0 Å². The average molecular weight is 373 g/mol. The molecule has 4 aromatic rings. The average Bonchev–Trinajstić information content (AvgIpc) is 3.29. The number of aryl methyl sites for hydroxylation is 1. The first-order chi connectivity index (χ1) is 13.1. The van der Waals surface area contributed by atoms with Crippen LogP contribution in [-0.4, -0.2) is 30.0 Å². The van der Waals surface area contributed by atoms with Gasteiger partial charge in [0.05, 0.1) is 35.6 Å². The highest BCUT2D eigenvalue weighted by Crippen LogP contribution is 2.25. The minimum atomic E-state index is 0.465. The Morgan fingerprint density at radius 3 is 2.52 bits per heavy atom. The monoisotopic (exact) mass is 373 g/mol. The molecule has 0 spiro atoms. The lowest BCUT2D eigenvalue weighted by atomic mass is 10.1. The van der Waals surface area contributed by atoms with Gasteiger partial charge in [-0.05, 0) is 42.0 Å². The summed E-state index contributed by atoms with van der Waals surface area (Å²) in [6.45, 7) is 2.50. The van der Waals surface area contributed by atoms with Gasteiger partial charge in [-0.2, -0.15) is 15.2 Å². The van der Waals surface area contributed by atoms with Crippen molar-refractivity contribution in [3.63, 3.8) is 0 Å². The molecule has 2 heterocycles. The molecule has 0 saturated heterocycles. The van der Waals surface area contributed by atoms with Crippen LogP contribution in [0.25, 0.3) is 17.1 Å². The summed E-state index contributed by atoms with van der Waals surface area (Å²) in [4.78, 5) is 1.51. The van der Waals surface area contributed by atoms with E-state index in [4.69, 9.17) is 5.26 Å². The van der Waals surface area contributed by atoms with Crippen LogP contribution < -0.4 is 0 Å². The standard InChI is InChI=1S/C19H15N7S/c1-13-2-8-16(9-3-13)26-19(27)17(11-21-26)18-22-24-25(23-18)12-15-6-4-14(10-20)5-7-15/h2-9,11,27H,12H2,1H3. The zero-order valence-corrected chi connectivity index (χ0v) is 15.4. The van der Waals surface area contributed by atoms with E-state index >= 15 is 0 Å². The summed E-state index contributed by atoms with van der Waals surface area (Å²) in [7, 11) is 0. The highest BCUT2D eigenvalue weighted by atomic mass is 32.1. The van der Waals surface area contributed by atoms with Crippen molar-refractivity contribution >= 4 is 12.6 Å². The minimum Gasteiger partial charge on any atom is -0.227 e. The second-order valence-electron chi connectivity index (χ2n) is 6.08. The van der Waals surface area contributed by atoms with E-state index in [0.29, 0.717) is 28.5 Å². The number of rotatable bonds is 4. The molecule has 132 valence electrons. The van der Waals surface area contributed by atoms with Crippen molar-refractivity contribution in [3.05, 3.63) is 71.4 Å². The number of tetrazole rings is 1. The van der Waals surface area contributed by atoms with Crippen LogP contribution in [0.3, 0.4) is 0 Å². The number of hydrogen-bond donors (Lipinski definition) is 1. The molecule has 27 heavy (non-hydrogen) atoms. The van der Waals surface area contributed by atoms with E-state index in [1.807, 2.05) is 43.3 Å². The zero-order valence-electron chi connectivity index (χ0n) is 14.5. The van der Waals surface area contributed by atoms with E-state index in [2.05, 4.69) is 39.2 Å². The molecule has 8 heteroatoms. The first-order valence-electron chi connectivity index (χ1n) is 8.25. The molecule has 0 aliphatic rings. The van der Waals surface area contributed by atoms with Crippen molar-refractivity contribution in [2.45, 2.75) is 18.5 Å². The molecule has 0 unspecified atom stereocenters. The van der Waals surface area contributed by atoms with Gasteiger partial charge in [0.2, 0.25) is 5.82 Å². The first-order valence-corrected chi connectivity index (χ1v) is 8.70. The highest BCUT2D eigenvalue weighted by Gasteiger charge is 2.15. The summed E-state index contributed by atoms with van der Waals surface area (Å²) in [5, 5.41) is 26.6. The lowest BCUT2D eigenvalue weighted by Gasteiger charge is -2.04. The number of hydrogen-bond acceptors (Lipinski definition) is 6. The first kappa shape index (κ1) is 17.0. The fourth-order valence-electron chi connectivity index (χ4n) is 2.64. The molecule has 0 fully saturated rings. The quantitative estimate of drug-likeness (QED) is 0.556. The highest BCUT2D eigenvalue weighted by molar-refractivity contribution is 7.80. The molecule has 0 saturated carbocycles. The van der Waals surface area contributed by atoms with Crippen LogP contribution in [-0.2, 0) is 6.54 Å². The summed E-state index contributed by atoms with van der Waals surface area (Å²) < 4.78 is 1.74. The van der Waals surface area contributed by atoms with Gasteiger partial charge in [-0.1, -0.05) is 29.8 Å². The largest absolute Gasteiger partial charge is 0.227 e. The molecule has 0 bridgehead atoms. The van der Waals surface area contributed by atoms with Gasteiger partial charge >= 0.3 is 0 Å². The van der Waals surface area contributed by atoms with Gasteiger partial charge < -0.3 is 0 Å². The number of aromatic nitrogens is 6. The van der Waals surface area contributed by atoms with Crippen molar-refractivity contribution in [2.24, 2.45) is 0 Å². The molecular weight excluding hydrogens is 358 g/mol. The molecule has 2 aromatic heterocycles. The van der Waals surface area contributed by atoms with E-state index in [0.717, 1.165) is 11.3 Å². The van der Waals surface area contributed by atoms with E-state index < -0.39 is 0 Å². The molecule has 0 amide bonds. The summed E-state index contributed by atoms with van der Waals surface area (Å²) in [5.41, 5.74) is 4.42. The van der Waals surface area contributed by atoms with Gasteiger partial charge in [-0.3, -0.25) is 0 Å². The van der Waals surface area contributed by atoms with Gasteiger partial charge in [0.15, 0.2) is 0 Å². The maximum Gasteiger partial charge on any atom is 0.209 e. The molecule has 0 aliphatic carbocycles. The third kappa shape index (κ3) is 3.45. The molecule has 2 aromatic carbocycles. The van der Waals surface area contributed by atoms with Crippen LogP contribution in [0.1, 0.15) is 16.7 Å². The number of thiol groups is 1. The summed E-state index contributed by atoms with van der Waals surface area (Å²) >= 11 is 4.59. The number of nitrogens with zero attached hydrogens (tertiary/aromatic N) is 7. The molecule has 7 nitrogen and oxygen atoms in total. The molecule has 0 aliphatic heterocycles. The Hall–Kier alpha value is -3.44. The Bertz CT molecular complexity index is 1120. The van der Waals surface area contributed by atoms with E-state index in [9.17, 15) is 0 Å². The Kier molecular flexibility index (Phi) is 4.44. The maximum atomic E-state index is 8.87. The lowest BCUT2D eigenvalue weighted by molar-refractivity contribution is 0.573. The molecule has 0 radical (unpaired) electrons. The van der Waals surface area contributed by atoms with E-state index in [1.165, 1.54) is 10.4 Å². The smallest absolute Gasteiger partial charge is 0.209 e. The van der Waals surface area contributed by atoms with Gasteiger partial charge in [-0.15, -0.1) is 22.8 Å². The van der Waals surface area contributed by atoms with Crippen molar-refractivity contribution in [2.75, 3.05) is 0 Å². The second-order valence-corrected chi connectivity index (χ2v) is 6.50. The van der Waals surface area contributed by atoms with Crippen LogP contribution in [0.5, 0.6) is 0 Å². The molecule has 0 atom stereocenters. The number of nitriles is 1. The van der Waals surface area contributed by atoms with Gasteiger partial charge in [-0.25, -0.2) is 4.68 Å².